The number of hydrogen-bond donors (Lipinski definition) is 1. The molecular formula is C30H31OP. The van der Waals surface area contributed by atoms with Crippen LogP contribution in [0.4, 0.5) is 0 Å². The van der Waals surface area contributed by atoms with Crippen LogP contribution in [0.5, 0.6) is 5.75 Å². The van der Waals surface area contributed by atoms with Gasteiger partial charge in [0.1, 0.15) is 0 Å². The summed E-state index contributed by atoms with van der Waals surface area (Å²) < 4.78 is 0. The zero-order chi connectivity index (χ0) is 22.2. The Morgan fingerprint density at radius 3 is 1.66 bits per heavy atom. The van der Waals surface area contributed by atoms with Crippen molar-refractivity contribution in [2.45, 2.75) is 19.8 Å². The van der Waals surface area contributed by atoms with E-state index in [-0.39, 0.29) is 0 Å². The zero-order valence-electron chi connectivity index (χ0n) is 18.6. The van der Waals surface area contributed by atoms with Crippen molar-refractivity contribution < 1.29 is 5.11 Å². The molecule has 0 aliphatic rings. The summed E-state index contributed by atoms with van der Waals surface area (Å²) >= 11 is 0. The van der Waals surface area contributed by atoms with E-state index in [4.69, 9.17) is 0 Å². The minimum atomic E-state index is -2.18. The van der Waals surface area contributed by atoms with Crippen LogP contribution in [0.2, 0.25) is 0 Å². The molecule has 0 aromatic heterocycles. The Morgan fingerprint density at radius 2 is 1.19 bits per heavy atom. The normalized spacial score (nSPS) is 12.2. The average Bonchev–Trinajstić information content (AvgIpc) is 2.86. The summed E-state index contributed by atoms with van der Waals surface area (Å²) in [6.07, 6.45) is 7.15. The summed E-state index contributed by atoms with van der Waals surface area (Å²) in [5, 5.41) is 14.5. The molecule has 0 fully saturated rings. The van der Waals surface area contributed by atoms with E-state index in [1.807, 2.05) is 25.1 Å². The van der Waals surface area contributed by atoms with Gasteiger partial charge in [0.2, 0.25) is 0 Å². The Hall–Kier alpha value is -3.15. The molecule has 0 aliphatic carbocycles. The van der Waals surface area contributed by atoms with E-state index >= 15 is 0 Å². The summed E-state index contributed by atoms with van der Waals surface area (Å²) in [6, 6.07) is 39.3. The molecule has 0 saturated carbocycles. The van der Waals surface area contributed by atoms with Crippen molar-refractivity contribution in [3.63, 3.8) is 0 Å². The van der Waals surface area contributed by atoms with E-state index in [9.17, 15) is 5.11 Å². The summed E-state index contributed by atoms with van der Waals surface area (Å²) in [7, 11) is -2.18. The fraction of sp³-hybridized carbons (Fsp3) is 0.133. The van der Waals surface area contributed by atoms with Crippen molar-refractivity contribution in [3.8, 4) is 5.75 Å². The van der Waals surface area contributed by atoms with Crippen LogP contribution in [0.25, 0.3) is 6.08 Å². The molecule has 162 valence electrons. The van der Waals surface area contributed by atoms with Crippen molar-refractivity contribution in [1.82, 2.24) is 0 Å². The van der Waals surface area contributed by atoms with E-state index in [1.165, 1.54) is 21.5 Å². The van der Waals surface area contributed by atoms with Gasteiger partial charge in [-0.25, -0.2) is 0 Å². The molecule has 4 rings (SSSR count). The van der Waals surface area contributed by atoms with Crippen molar-refractivity contribution in [2.75, 3.05) is 6.16 Å². The third-order valence-corrected chi connectivity index (χ3v) is 11.3. The predicted molar refractivity (Wildman–Crippen MR) is 143 cm³/mol. The third-order valence-electron chi connectivity index (χ3n) is 6.26. The maximum atomic E-state index is 10.1. The van der Waals surface area contributed by atoms with Gasteiger partial charge in [-0.05, 0) is 0 Å². The van der Waals surface area contributed by atoms with E-state index < -0.39 is 7.26 Å². The Labute approximate surface area is 192 Å². The summed E-state index contributed by atoms with van der Waals surface area (Å²) in [5.74, 6) is 0.341. The first-order valence-corrected chi connectivity index (χ1v) is 13.6. The first-order valence-electron chi connectivity index (χ1n) is 11.4. The second kappa shape index (κ2) is 10.4. The van der Waals surface area contributed by atoms with Crippen molar-refractivity contribution in [3.05, 3.63) is 126 Å². The number of aromatic hydroxyl groups is 1. The second-order valence-corrected chi connectivity index (χ2v) is 12.3. The molecule has 0 unspecified atom stereocenters. The van der Waals surface area contributed by atoms with Crippen molar-refractivity contribution in [2.24, 2.45) is 0 Å². The fourth-order valence-electron chi connectivity index (χ4n) is 4.73. The molecule has 1 N–H and O–H groups in total. The number of allylic oxidation sites excluding steroid dienone is 1. The van der Waals surface area contributed by atoms with Crippen LogP contribution >= 0.6 is 7.26 Å². The van der Waals surface area contributed by atoms with Gasteiger partial charge < -0.3 is 0 Å². The van der Waals surface area contributed by atoms with E-state index in [0.29, 0.717) is 5.75 Å². The number of hydrogen-bond acceptors (Lipinski definition) is 1. The molecule has 1 nitrogen and oxygen atoms in total. The van der Waals surface area contributed by atoms with Crippen LogP contribution < -0.4 is 15.9 Å². The Balaban J connectivity index is 1.73. The molecular weight excluding hydrogens is 407 g/mol. The Morgan fingerprint density at radius 1 is 0.688 bits per heavy atom. The summed E-state index contributed by atoms with van der Waals surface area (Å²) in [5.41, 5.74) is 2.16. The van der Waals surface area contributed by atoms with Crippen LogP contribution in [0.15, 0.2) is 115 Å². The van der Waals surface area contributed by atoms with E-state index in [2.05, 4.69) is 103 Å². The van der Waals surface area contributed by atoms with Crippen LogP contribution in [0.1, 0.15) is 24.5 Å². The predicted octanol–water partition coefficient (Wildman–Crippen LogP) is 6.08. The molecule has 4 aromatic carbocycles. The van der Waals surface area contributed by atoms with Crippen molar-refractivity contribution in [1.29, 1.82) is 0 Å². The van der Waals surface area contributed by atoms with Crippen LogP contribution in [0.3, 0.4) is 0 Å². The van der Waals surface area contributed by atoms with Crippen molar-refractivity contribution >= 4 is 29.3 Å². The molecule has 2 heteroatoms. The SMILES string of the molecule is C/C=C/c1cc(CCC[PH](c2ccccc2)(c2ccccc2)c2ccccc2)ccc1O. The van der Waals surface area contributed by atoms with Gasteiger partial charge in [0.05, 0.1) is 0 Å². The zero-order valence-corrected chi connectivity index (χ0v) is 19.6. The summed E-state index contributed by atoms with van der Waals surface area (Å²) in [4.78, 5) is 0. The van der Waals surface area contributed by atoms with Gasteiger partial charge in [0.25, 0.3) is 0 Å². The molecule has 0 aliphatic heterocycles. The number of benzene rings is 4. The third kappa shape index (κ3) is 4.69. The van der Waals surface area contributed by atoms with Gasteiger partial charge in [-0.15, -0.1) is 0 Å². The van der Waals surface area contributed by atoms with Gasteiger partial charge in [-0.3, -0.25) is 0 Å². The van der Waals surface area contributed by atoms with E-state index in [1.54, 1.807) is 0 Å². The van der Waals surface area contributed by atoms with Gasteiger partial charge in [0.15, 0.2) is 0 Å². The first-order chi connectivity index (χ1) is 15.7. The second-order valence-electron chi connectivity index (χ2n) is 8.25. The van der Waals surface area contributed by atoms with Gasteiger partial charge in [-0.2, -0.15) is 0 Å². The number of rotatable bonds is 8. The van der Waals surface area contributed by atoms with E-state index in [0.717, 1.165) is 24.6 Å². The maximum absolute atomic E-state index is 10.1. The quantitative estimate of drug-likeness (QED) is 0.330. The standard InChI is InChI=1S/C30H31OP/c1-2-13-26-24-25(21-22-30(26)31)14-12-23-32(27-15-6-3-7-16-27,28-17-8-4-9-18-28)29-19-10-5-11-20-29/h2-11,13,15-22,24,31-32H,12,14,23H2,1H3/b13-2+. The van der Waals surface area contributed by atoms with Gasteiger partial charge in [0, 0.05) is 0 Å². The van der Waals surface area contributed by atoms with Crippen LogP contribution in [0, 0.1) is 0 Å². The summed E-state index contributed by atoms with van der Waals surface area (Å²) in [6.45, 7) is 1.98. The average molecular weight is 439 g/mol. The van der Waals surface area contributed by atoms with Gasteiger partial charge >= 0.3 is 192 Å². The fourth-order valence-corrected chi connectivity index (χ4v) is 9.59. The molecule has 32 heavy (non-hydrogen) atoms. The monoisotopic (exact) mass is 438 g/mol. The Bertz CT molecular complexity index is 1050. The molecule has 0 bridgehead atoms. The molecule has 0 heterocycles. The molecule has 0 radical (unpaired) electrons. The molecule has 4 aromatic rings. The van der Waals surface area contributed by atoms with Crippen LogP contribution in [-0.4, -0.2) is 11.3 Å². The number of phenols is 1. The number of aryl methyl sites for hydroxylation is 1. The topological polar surface area (TPSA) is 20.2 Å². The number of phenolic OH excluding ortho intramolecular Hbond substituents is 1. The minimum absolute atomic E-state index is 0.341. The Kier molecular flexibility index (Phi) is 7.20. The van der Waals surface area contributed by atoms with Gasteiger partial charge in [-0.1, -0.05) is 0 Å². The molecule has 0 amide bonds. The van der Waals surface area contributed by atoms with Crippen LogP contribution in [-0.2, 0) is 6.42 Å². The molecule has 0 atom stereocenters. The molecule has 0 spiro atoms. The first kappa shape index (κ1) is 22.1. The molecule has 0 saturated heterocycles.